The van der Waals surface area contributed by atoms with Crippen molar-refractivity contribution >= 4 is 10.9 Å². The molecule has 1 aliphatic rings. The van der Waals surface area contributed by atoms with Crippen LogP contribution < -0.4 is 5.56 Å². The fraction of sp³-hybridized carbons (Fsp3) is 0.333. The molecule has 3 heterocycles. The molecule has 8 heteroatoms. The molecule has 1 atom stereocenters. The minimum absolute atomic E-state index is 0.147. The van der Waals surface area contributed by atoms with Gasteiger partial charge < -0.3 is 10.1 Å². The van der Waals surface area contributed by atoms with Crippen molar-refractivity contribution in [3.63, 3.8) is 0 Å². The first-order chi connectivity index (χ1) is 15.6. The summed E-state index contributed by atoms with van der Waals surface area (Å²) in [6.45, 7) is 3.87. The number of aliphatic hydroxyl groups is 1. The standard InChI is InChI=1S/C24H26N6O2/c1-16-7-8-21-18(13-16)14-20(24(32)25-21)22(29-11-9-19(31)10-12-29)23-26-27-28-30(23)15-17-5-3-2-4-6-17/h2-8,13-14,19,22,31H,9-12,15H2,1H3,(H,25,32). The molecule has 164 valence electrons. The van der Waals surface area contributed by atoms with Gasteiger partial charge in [-0.05, 0) is 59.3 Å². The molecule has 0 spiro atoms. The van der Waals surface area contributed by atoms with E-state index in [-0.39, 0.29) is 11.7 Å². The van der Waals surface area contributed by atoms with Gasteiger partial charge in [-0.1, -0.05) is 42.0 Å². The largest absolute Gasteiger partial charge is 0.393 e. The highest BCUT2D eigenvalue weighted by Crippen LogP contribution is 2.29. The Labute approximate surface area is 185 Å². The maximum Gasteiger partial charge on any atom is 0.253 e. The van der Waals surface area contributed by atoms with Crippen LogP contribution in [0.5, 0.6) is 0 Å². The first-order valence-electron chi connectivity index (χ1n) is 10.9. The second-order valence-corrected chi connectivity index (χ2v) is 8.49. The molecule has 0 amide bonds. The van der Waals surface area contributed by atoms with Crippen molar-refractivity contribution in [2.45, 2.75) is 38.5 Å². The maximum absolute atomic E-state index is 13.2. The number of nitrogens with one attached hydrogen (secondary N) is 1. The van der Waals surface area contributed by atoms with E-state index >= 15 is 0 Å². The summed E-state index contributed by atoms with van der Waals surface area (Å²) in [6.07, 6.45) is 0.993. The van der Waals surface area contributed by atoms with E-state index in [1.54, 1.807) is 4.68 Å². The summed E-state index contributed by atoms with van der Waals surface area (Å²) in [7, 11) is 0. The Hall–Kier alpha value is -3.36. The van der Waals surface area contributed by atoms with E-state index in [0.29, 0.717) is 43.9 Å². The lowest BCUT2D eigenvalue weighted by molar-refractivity contribution is 0.0659. The number of aliphatic hydroxyl groups excluding tert-OH is 1. The molecule has 2 aromatic carbocycles. The van der Waals surface area contributed by atoms with Crippen LogP contribution in [-0.4, -0.2) is 54.4 Å². The fourth-order valence-electron chi connectivity index (χ4n) is 4.47. The van der Waals surface area contributed by atoms with Gasteiger partial charge in [0.25, 0.3) is 5.56 Å². The first kappa shape index (κ1) is 20.5. The van der Waals surface area contributed by atoms with E-state index in [1.165, 1.54) is 0 Å². The predicted octanol–water partition coefficient (Wildman–Crippen LogP) is 2.42. The Bertz CT molecular complexity index is 1270. The monoisotopic (exact) mass is 430 g/mol. The molecule has 0 aliphatic carbocycles. The Kier molecular flexibility index (Phi) is 5.55. The summed E-state index contributed by atoms with van der Waals surface area (Å²) in [5.41, 5.74) is 3.48. The normalized spacial score (nSPS) is 16.4. The molecule has 0 bridgehead atoms. The van der Waals surface area contributed by atoms with Gasteiger partial charge in [0.05, 0.1) is 12.6 Å². The smallest absolute Gasteiger partial charge is 0.253 e. The van der Waals surface area contributed by atoms with Gasteiger partial charge in [-0.2, -0.15) is 0 Å². The number of fused-ring (bicyclic) bond motifs is 1. The van der Waals surface area contributed by atoms with E-state index < -0.39 is 6.04 Å². The topological polar surface area (TPSA) is 99.9 Å². The molecule has 1 fully saturated rings. The Morgan fingerprint density at radius 2 is 1.91 bits per heavy atom. The predicted molar refractivity (Wildman–Crippen MR) is 121 cm³/mol. The number of aromatic amines is 1. The number of pyridine rings is 1. The molecule has 8 nitrogen and oxygen atoms in total. The molecule has 32 heavy (non-hydrogen) atoms. The number of piperidine rings is 1. The zero-order valence-electron chi connectivity index (χ0n) is 18.0. The zero-order valence-corrected chi connectivity index (χ0v) is 18.0. The van der Waals surface area contributed by atoms with Crippen LogP contribution in [0.1, 0.15) is 41.4 Å². The van der Waals surface area contributed by atoms with Gasteiger partial charge in [0.2, 0.25) is 0 Å². The van der Waals surface area contributed by atoms with Crippen molar-refractivity contribution in [2.75, 3.05) is 13.1 Å². The number of likely N-dealkylation sites (tertiary alicyclic amines) is 1. The molecular weight excluding hydrogens is 404 g/mol. The summed E-state index contributed by atoms with van der Waals surface area (Å²) in [6, 6.07) is 17.5. The summed E-state index contributed by atoms with van der Waals surface area (Å²) >= 11 is 0. The van der Waals surface area contributed by atoms with Crippen molar-refractivity contribution < 1.29 is 5.11 Å². The van der Waals surface area contributed by atoms with Gasteiger partial charge in [0.15, 0.2) is 5.82 Å². The molecule has 1 unspecified atom stereocenters. The van der Waals surface area contributed by atoms with Crippen LogP contribution in [0.25, 0.3) is 10.9 Å². The van der Waals surface area contributed by atoms with E-state index in [1.807, 2.05) is 55.5 Å². The molecule has 1 aliphatic heterocycles. The number of rotatable bonds is 5. The second kappa shape index (κ2) is 8.64. The van der Waals surface area contributed by atoms with Crippen molar-refractivity contribution in [1.29, 1.82) is 0 Å². The van der Waals surface area contributed by atoms with E-state index in [4.69, 9.17) is 0 Å². The SMILES string of the molecule is Cc1ccc2[nH]c(=O)c(C(c3nnnn3Cc3ccccc3)N3CCC(O)CC3)cc2c1. The van der Waals surface area contributed by atoms with Crippen LogP contribution in [0.3, 0.4) is 0 Å². The quantitative estimate of drug-likeness (QED) is 0.504. The lowest BCUT2D eigenvalue weighted by atomic mass is 9.99. The van der Waals surface area contributed by atoms with Crippen LogP contribution in [0.2, 0.25) is 0 Å². The van der Waals surface area contributed by atoms with Crippen LogP contribution in [0, 0.1) is 6.92 Å². The Morgan fingerprint density at radius 1 is 1.12 bits per heavy atom. The van der Waals surface area contributed by atoms with Crippen molar-refractivity contribution in [2.24, 2.45) is 0 Å². The molecular formula is C24H26N6O2. The highest BCUT2D eigenvalue weighted by molar-refractivity contribution is 5.79. The van der Waals surface area contributed by atoms with E-state index in [2.05, 4.69) is 31.5 Å². The molecule has 2 aromatic heterocycles. The van der Waals surface area contributed by atoms with Crippen LogP contribution in [0.15, 0.2) is 59.4 Å². The van der Waals surface area contributed by atoms with Crippen molar-refractivity contribution in [3.05, 3.63) is 87.5 Å². The minimum atomic E-state index is -0.408. The van der Waals surface area contributed by atoms with Crippen molar-refractivity contribution in [1.82, 2.24) is 30.1 Å². The number of hydrogen-bond acceptors (Lipinski definition) is 6. The lowest BCUT2D eigenvalue weighted by Gasteiger charge is -2.35. The van der Waals surface area contributed by atoms with Crippen molar-refractivity contribution in [3.8, 4) is 0 Å². The number of hydrogen-bond donors (Lipinski definition) is 2. The third kappa shape index (κ3) is 4.06. The summed E-state index contributed by atoms with van der Waals surface area (Å²) in [5, 5.41) is 23.6. The second-order valence-electron chi connectivity index (χ2n) is 8.49. The van der Waals surface area contributed by atoms with Gasteiger partial charge in [-0.15, -0.1) is 5.10 Å². The number of aryl methyl sites for hydroxylation is 1. The lowest BCUT2D eigenvalue weighted by Crippen LogP contribution is -2.41. The van der Waals surface area contributed by atoms with Crippen LogP contribution in [-0.2, 0) is 6.54 Å². The fourth-order valence-corrected chi connectivity index (χ4v) is 4.47. The number of aromatic nitrogens is 5. The summed E-state index contributed by atoms with van der Waals surface area (Å²) < 4.78 is 1.77. The zero-order chi connectivity index (χ0) is 22.1. The van der Waals surface area contributed by atoms with Crippen LogP contribution in [0.4, 0.5) is 0 Å². The van der Waals surface area contributed by atoms with Gasteiger partial charge >= 0.3 is 0 Å². The molecule has 0 radical (unpaired) electrons. The minimum Gasteiger partial charge on any atom is -0.393 e. The molecule has 5 rings (SSSR count). The number of nitrogens with zero attached hydrogens (tertiary/aromatic N) is 5. The average Bonchev–Trinajstić information content (AvgIpc) is 3.24. The van der Waals surface area contributed by atoms with E-state index in [0.717, 1.165) is 22.0 Å². The third-order valence-electron chi connectivity index (χ3n) is 6.17. The average molecular weight is 431 g/mol. The van der Waals surface area contributed by atoms with E-state index in [9.17, 15) is 9.90 Å². The third-order valence-corrected chi connectivity index (χ3v) is 6.17. The maximum atomic E-state index is 13.2. The Morgan fingerprint density at radius 3 is 2.69 bits per heavy atom. The van der Waals surface area contributed by atoms with Gasteiger partial charge in [-0.25, -0.2) is 4.68 Å². The summed E-state index contributed by atoms with van der Waals surface area (Å²) in [5.74, 6) is 0.628. The highest BCUT2D eigenvalue weighted by atomic mass is 16.3. The first-order valence-corrected chi connectivity index (χ1v) is 10.9. The van der Waals surface area contributed by atoms with Gasteiger partial charge in [0, 0.05) is 24.2 Å². The number of H-pyrrole nitrogens is 1. The number of benzene rings is 2. The Balaban J connectivity index is 1.62. The van der Waals surface area contributed by atoms with Gasteiger partial charge in [-0.3, -0.25) is 9.69 Å². The molecule has 2 N–H and O–H groups in total. The molecule has 4 aromatic rings. The number of tetrazole rings is 1. The van der Waals surface area contributed by atoms with Gasteiger partial charge in [0.1, 0.15) is 6.04 Å². The summed E-state index contributed by atoms with van der Waals surface area (Å²) in [4.78, 5) is 18.5. The molecule has 1 saturated heterocycles. The molecule has 0 saturated carbocycles. The highest BCUT2D eigenvalue weighted by Gasteiger charge is 2.32. The van der Waals surface area contributed by atoms with Crippen LogP contribution >= 0.6 is 0 Å².